The van der Waals surface area contributed by atoms with Crippen molar-refractivity contribution < 1.29 is 27.4 Å². The molecule has 1 amide bonds. The molecule has 1 N–H and O–H groups in total. The van der Waals surface area contributed by atoms with Crippen molar-refractivity contribution in [3.05, 3.63) is 42.0 Å². The van der Waals surface area contributed by atoms with Crippen LogP contribution in [0.4, 0.5) is 13.2 Å². The molecule has 0 fully saturated rings. The molecule has 9 heteroatoms. The van der Waals surface area contributed by atoms with E-state index in [-0.39, 0.29) is 5.82 Å². The van der Waals surface area contributed by atoms with Crippen molar-refractivity contribution in [3.63, 3.8) is 0 Å². The van der Waals surface area contributed by atoms with Gasteiger partial charge in [0.15, 0.2) is 0 Å². The van der Waals surface area contributed by atoms with Crippen molar-refractivity contribution in [1.29, 1.82) is 0 Å². The Morgan fingerprint density at radius 3 is 2.21 bits per heavy atom. The molecule has 0 aliphatic rings. The van der Waals surface area contributed by atoms with Gasteiger partial charge in [-0.2, -0.15) is 13.2 Å². The number of hydrogen-bond acceptors (Lipinski definition) is 4. The molecule has 0 saturated carbocycles. The topological polar surface area (TPSA) is 65.4 Å². The highest BCUT2D eigenvalue weighted by atomic mass is 19.4. The van der Waals surface area contributed by atoms with Crippen LogP contribution in [0.1, 0.15) is 17.4 Å². The molecule has 0 radical (unpaired) electrons. The van der Waals surface area contributed by atoms with Gasteiger partial charge in [-0.25, -0.2) is 4.98 Å². The van der Waals surface area contributed by atoms with Gasteiger partial charge in [-0.15, -0.1) is 0 Å². The van der Waals surface area contributed by atoms with Gasteiger partial charge in [-0.05, 0) is 17.7 Å². The summed E-state index contributed by atoms with van der Waals surface area (Å²) >= 11 is 0. The number of methoxy groups -OCH3 is 2. The Balaban J connectivity index is 2.50. The summed E-state index contributed by atoms with van der Waals surface area (Å²) in [6.45, 7) is 0. The Labute approximate surface area is 136 Å². The fourth-order valence-corrected chi connectivity index (χ4v) is 2.16. The predicted octanol–water partition coefficient (Wildman–Crippen LogP) is 2.21. The molecule has 1 aromatic carbocycles. The maximum absolute atomic E-state index is 12.7. The van der Waals surface area contributed by atoms with Crippen molar-refractivity contribution in [1.82, 2.24) is 14.9 Å². The summed E-state index contributed by atoms with van der Waals surface area (Å²) in [5.41, 5.74) is 0.345. The molecule has 0 saturated heterocycles. The smallest absolute Gasteiger partial charge is 0.471 e. The van der Waals surface area contributed by atoms with Crippen LogP contribution in [-0.4, -0.2) is 35.9 Å². The summed E-state index contributed by atoms with van der Waals surface area (Å²) in [4.78, 5) is 15.5. The number of aryl methyl sites for hydroxylation is 1. The molecule has 24 heavy (non-hydrogen) atoms. The van der Waals surface area contributed by atoms with Crippen molar-refractivity contribution in [2.75, 3.05) is 14.2 Å². The van der Waals surface area contributed by atoms with E-state index in [0.717, 1.165) is 0 Å². The van der Waals surface area contributed by atoms with Gasteiger partial charge in [0.05, 0.1) is 14.2 Å². The maximum Gasteiger partial charge on any atom is 0.471 e. The number of alkyl halides is 3. The zero-order valence-electron chi connectivity index (χ0n) is 13.2. The highest BCUT2D eigenvalue weighted by Gasteiger charge is 2.40. The van der Waals surface area contributed by atoms with Crippen molar-refractivity contribution in [2.45, 2.75) is 12.2 Å². The number of benzene rings is 1. The number of rotatable bonds is 5. The Kier molecular flexibility index (Phi) is 5.01. The Hall–Kier alpha value is -2.71. The minimum Gasteiger partial charge on any atom is -0.497 e. The van der Waals surface area contributed by atoms with Crippen molar-refractivity contribution in [3.8, 4) is 11.5 Å². The van der Waals surface area contributed by atoms with Crippen LogP contribution in [0.5, 0.6) is 11.5 Å². The lowest BCUT2D eigenvalue weighted by Gasteiger charge is -2.21. The van der Waals surface area contributed by atoms with Crippen LogP contribution in [0, 0.1) is 0 Å². The third-order valence-electron chi connectivity index (χ3n) is 3.36. The minimum absolute atomic E-state index is 0.239. The highest BCUT2D eigenvalue weighted by molar-refractivity contribution is 5.82. The normalized spacial score (nSPS) is 12.6. The largest absolute Gasteiger partial charge is 0.497 e. The minimum atomic E-state index is -5.01. The zero-order valence-corrected chi connectivity index (χ0v) is 13.2. The van der Waals surface area contributed by atoms with Gasteiger partial charge in [0.2, 0.25) is 0 Å². The zero-order chi connectivity index (χ0) is 17.9. The van der Waals surface area contributed by atoms with E-state index in [1.807, 2.05) is 5.32 Å². The number of nitrogens with zero attached hydrogens (tertiary/aromatic N) is 2. The number of imidazole rings is 1. The molecule has 130 valence electrons. The number of amides is 1. The van der Waals surface area contributed by atoms with E-state index >= 15 is 0 Å². The van der Waals surface area contributed by atoms with E-state index in [2.05, 4.69) is 4.98 Å². The Morgan fingerprint density at radius 2 is 1.79 bits per heavy atom. The lowest BCUT2D eigenvalue weighted by molar-refractivity contribution is -0.174. The van der Waals surface area contributed by atoms with Crippen LogP contribution in [0.15, 0.2) is 30.6 Å². The van der Waals surface area contributed by atoms with Crippen LogP contribution >= 0.6 is 0 Å². The van der Waals surface area contributed by atoms with Crippen LogP contribution in [0.25, 0.3) is 0 Å². The number of hydrogen-bond donors (Lipinski definition) is 1. The number of carbonyl (C=O) groups excluding carboxylic acids is 1. The van der Waals surface area contributed by atoms with Gasteiger partial charge in [-0.3, -0.25) is 4.79 Å². The lowest BCUT2D eigenvalue weighted by atomic mass is 10.0. The van der Waals surface area contributed by atoms with E-state index < -0.39 is 18.1 Å². The van der Waals surface area contributed by atoms with Gasteiger partial charge in [-0.1, -0.05) is 0 Å². The SMILES string of the molecule is COc1cc(OC)cc([C@@H](NC(=O)C(F)(F)F)c2nccn2C)c1. The molecule has 2 aromatic rings. The first-order valence-electron chi connectivity index (χ1n) is 6.84. The molecule has 6 nitrogen and oxygen atoms in total. The highest BCUT2D eigenvalue weighted by Crippen LogP contribution is 2.30. The van der Waals surface area contributed by atoms with Gasteiger partial charge >= 0.3 is 12.1 Å². The summed E-state index contributed by atoms with van der Waals surface area (Å²) in [6.07, 6.45) is -2.01. The number of nitrogens with one attached hydrogen (secondary N) is 1. The Morgan fingerprint density at radius 1 is 1.21 bits per heavy atom. The summed E-state index contributed by atoms with van der Waals surface area (Å²) in [5, 5.41) is 1.96. The molecule has 1 heterocycles. The van der Waals surface area contributed by atoms with E-state index in [9.17, 15) is 18.0 Å². The molecule has 0 bridgehead atoms. The van der Waals surface area contributed by atoms with Crippen molar-refractivity contribution in [2.24, 2.45) is 7.05 Å². The first-order chi connectivity index (χ1) is 11.3. The first-order valence-corrected chi connectivity index (χ1v) is 6.84. The first kappa shape index (κ1) is 17.6. The number of carbonyl (C=O) groups is 1. The molecule has 1 atom stereocenters. The molecule has 0 spiro atoms. The fraction of sp³-hybridized carbons (Fsp3) is 0.333. The standard InChI is InChI=1S/C15H16F3N3O3/c1-21-5-4-19-13(21)12(20-14(22)15(16,17)18)9-6-10(23-2)8-11(7-9)24-3/h4-8,12H,1-3H3,(H,20,22)/t12-/m1/s1. The fourth-order valence-electron chi connectivity index (χ4n) is 2.16. The number of halogens is 3. The third-order valence-corrected chi connectivity index (χ3v) is 3.36. The average molecular weight is 343 g/mol. The van der Waals surface area contributed by atoms with Crippen LogP contribution in [0.3, 0.4) is 0 Å². The summed E-state index contributed by atoms with van der Waals surface area (Å²) in [5.74, 6) is -1.06. The molecular weight excluding hydrogens is 327 g/mol. The van der Waals surface area contributed by atoms with Gasteiger partial charge in [0.25, 0.3) is 0 Å². The van der Waals surface area contributed by atoms with E-state index in [0.29, 0.717) is 17.1 Å². The van der Waals surface area contributed by atoms with Crippen LogP contribution in [-0.2, 0) is 11.8 Å². The number of aromatic nitrogens is 2. The second-order valence-corrected chi connectivity index (χ2v) is 4.95. The molecule has 2 rings (SSSR count). The monoisotopic (exact) mass is 343 g/mol. The second kappa shape index (κ2) is 6.81. The van der Waals surface area contributed by atoms with E-state index in [4.69, 9.17) is 9.47 Å². The number of ether oxygens (including phenoxy) is 2. The summed E-state index contributed by atoms with van der Waals surface area (Å²) in [7, 11) is 4.46. The maximum atomic E-state index is 12.7. The summed E-state index contributed by atoms with van der Waals surface area (Å²) < 4.78 is 49.8. The van der Waals surface area contributed by atoms with Gasteiger partial charge in [0.1, 0.15) is 23.4 Å². The molecular formula is C15H16F3N3O3. The third kappa shape index (κ3) is 3.79. The van der Waals surface area contributed by atoms with Crippen LogP contribution < -0.4 is 14.8 Å². The quantitative estimate of drug-likeness (QED) is 0.904. The molecule has 0 unspecified atom stereocenters. The van der Waals surface area contributed by atoms with Crippen LogP contribution in [0.2, 0.25) is 0 Å². The second-order valence-electron chi connectivity index (χ2n) is 4.95. The van der Waals surface area contributed by atoms with Crippen molar-refractivity contribution >= 4 is 5.91 Å². The Bertz CT molecular complexity index is 706. The average Bonchev–Trinajstić information content (AvgIpc) is 2.96. The van der Waals surface area contributed by atoms with Gasteiger partial charge < -0.3 is 19.4 Å². The summed E-state index contributed by atoms with van der Waals surface area (Å²) in [6, 6.07) is 3.48. The van der Waals surface area contributed by atoms with Gasteiger partial charge in [0, 0.05) is 25.5 Å². The molecule has 1 aromatic heterocycles. The molecule has 0 aliphatic heterocycles. The lowest BCUT2D eigenvalue weighted by Crippen LogP contribution is -2.40. The molecule has 0 aliphatic carbocycles. The predicted molar refractivity (Wildman–Crippen MR) is 78.8 cm³/mol. The van der Waals surface area contributed by atoms with E-state index in [1.165, 1.54) is 37.1 Å². The van der Waals surface area contributed by atoms with E-state index in [1.54, 1.807) is 19.3 Å².